The van der Waals surface area contributed by atoms with Crippen LogP contribution in [0.25, 0.3) is 88.4 Å². The molecule has 296 valence electrons. The van der Waals surface area contributed by atoms with Crippen molar-refractivity contribution in [2.45, 2.75) is 6.92 Å². The Hall–Kier alpha value is -8.28. The summed E-state index contributed by atoms with van der Waals surface area (Å²) in [5.74, 6) is 0.475. The van der Waals surface area contributed by atoms with E-state index in [2.05, 4.69) is 109 Å². The van der Waals surface area contributed by atoms with Crippen LogP contribution in [-0.2, 0) is 0 Å². The number of nitrogens with zero attached hydrogens (tertiary/aromatic N) is 1. The first-order chi connectivity index (χ1) is 30.5. The van der Waals surface area contributed by atoms with Crippen LogP contribution in [0.15, 0.2) is 226 Å². The lowest BCUT2D eigenvalue weighted by Gasteiger charge is -2.09. The van der Waals surface area contributed by atoms with Crippen molar-refractivity contribution in [1.29, 1.82) is 5.41 Å². The lowest BCUT2D eigenvalue weighted by molar-refractivity contribution is 0.668. The highest BCUT2D eigenvalue weighted by Crippen LogP contribution is 2.42. The molecule has 0 aliphatic rings. The fourth-order valence-electron chi connectivity index (χ4n) is 8.27. The fourth-order valence-corrected chi connectivity index (χ4v) is 8.27. The van der Waals surface area contributed by atoms with E-state index in [1.807, 2.05) is 115 Å². The van der Waals surface area contributed by atoms with Crippen LogP contribution in [0.2, 0.25) is 0 Å². The first-order valence-electron chi connectivity index (χ1n) is 20.6. The number of rotatable bonds is 6. The minimum Gasteiger partial charge on any atom is -0.456 e. The van der Waals surface area contributed by atoms with Crippen LogP contribution in [0.1, 0.15) is 16.7 Å². The molecule has 0 saturated carbocycles. The zero-order chi connectivity index (χ0) is 42.0. The van der Waals surface area contributed by atoms with Crippen molar-refractivity contribution < 1.29 is 8.83 Å². The van der Waals surface area contributed by atoms with Gasteiger partial charge in [-0.3, -0.25) is 5.41 Å². The van der Waals surface area contributed by atoms with Gasteiger partial charge in [0.25, 0.3) is 0 Å². The first kappa shape index (κ1) is 38.0. The molecule has 5 nitrogen and oxygen atoms in total. The first-order valence-corrected chi connectivity index (χ1v) is 20.6. The van der Waals surface area contributed by atoms with Crippen LogP contribution >= 0.6 is 0 Å². The van der Waals surface area contributed by atoms with Crippen LogP contribution in [0.5, 0.6) is 0 Å². The predicted octanol–water partition coefficient (Wildman–Crippen LogP) is 14.9. The summed E-state index contributed by atoms with van der Waals surface area (Å²) in [5, 5.41) is 13.0. The second-order valence-electron chi connectivity index (χ2n) is 15.4. The van der Waals surface area contributed by atoms with Gasteiger partial charge < -0.3 is 14.6 Å². The number of benzene rings is 9. The van der Waals surface area contributed by atoms with Crippen molar-refractivity contribution >= 4 is 55.5 Å². The molecule has 2 aromatic heterocycles. The van der Waals surface area contributed by atoms with Crippen LogP contribution in [0.4, 0.5) is 0 Å². The Bertz CT molecular complexity index is 3440. The van der Waals surface area contributed by atoms with Gasteiger partial charge in [0.2, 0.25) is 0 Å². The SMILES string of the molecule is Cc1cccc2oc3ccc(-c4cc(-c5ccccc5)cc5oc6ccccc6c45)cc3c12.N=C(N=C(N)c1cccc(-c2ccccc2)c1)c1cccc(-c2ccccc2)c1. The van der Waals surface area contributed by atoms with Gasteiger partial charge in [-0.1, -0.05) is 164 Å². The molecule has 0 radical (unpaired) electrons. The summed E-state index contributed by atoms with van der Waals surface area (Å²) in [6.07, 6.45) is 0. The molecule has 0 spiro atoms. The molecular weight excluding hydrogens is 759 g/mol. The van der Waals surface area contributed by atoms with E-state index >= 15 is 0 Å². The maximum Gasteiger partial charge on any atom is 0.154 e. The van der Waals surface area contributed by atoms with Crippen molar-refractivity contribution in [2.24, 2.45) is 10.7 Å². The van der Waals surface area contributed by atoms with E-state index in [4.69, 9.17) is 20.0 Å². The molecule has 62 heavy (non-hydrogen) atoms. The Kier molecular flexibility index (Phi) is 10.0. The van der Waals surface area contributed by atoms with E-state index in [-0.39, 0.29) is 5.84 Å². The maximum atomic E-state index is 8.42. The molecule has 5 heteroatoms. The van der Waals surface area contributed by atoms with Crippen LogP contribution in [-0.4, -0.2) is 11.7 Å². The van der Waals surface area contributed by atoms with Crippen LogP contribution < -0.4 is 5.73 Å². The molecular formula is C57H41N3O2. The van der Waals surface area contributed by atoms with Crippen LogP contribution in [0.3, 0.4) is 0 Å². The Labute approximate surface area is 359 Å². The number of hydrogen-bond acceptors (Lipinski definition) is 3. The second-order valence-corrected chi connectivity index (χ2v) is 15.4. The second kappa shape index (κ2) is 16.4. The third-order valence-electron chi connectivity index (χ3n) is 11.3. The average molecular weight is 800 g/mol. The van der Waals surface area contributed by atoms with Crippen molar-refractivity contribution in [2.75, 3.05) is 0 Å². The van der Waals surface area contributed by atoms with Gasteiger partial charge in [0.15, 0.2) is 5.84 Å². The molecule has 0 aliphatic heterocycles. The minimum atomic E-state index is 0.144. The fraction of sp³-hybridized carbons (Fsp3) is 0.0175. The Balaban J connectivity index is 0.000000149. The number of para-hydroxylation sites is 1. The Morgan fingerprint density at radius 3 is 1.63 bits per heavy atom. The third kappa shape index (κ3) is 7.44. The maximum absolute atomic E-state index is 8.42. The highest BCUT2D eigenvalue weighted by atomic mass is 16.3. The van der Waals surface area contributed by atoms with Crippen LogP contribution in [0, 0.1) is 12.3 Å². The normalized spacial score (nSPS) is 11.5. The zero-order valence-corrected chi connectivity index (χ0v) is 34.0. The molecule has 2 heterocycles. The number of nitrogens with one attached hydrogen (secondary N) is 1. The molecule has 0 bridgehead atoms. The topological polar surface area (TPSA) is 88.5 Å². The van der Waals surface area contributed by atoms with E-state index < -0.39 is 0 Å². The quantitative estimate of drug-likeness (QED) is 0.130. The summed E-state index contributed by atoms with van der Waals surface area (Å²) >= 11 is 0. The zero-order valence-electron chi connectivity index (χ0n) is 34.0. The molecule has 0 amide bonds. The molecule has 11 aromatic rings. The number of amidine groups is 2. The highest BCUT2D eigenvalue weighted by Gasteiger charge is 2.17. The average Bonchev–Trinajstić information content (AvgIpc) is 3.91. The predicted molar refractivity (Wildman–Crippen MR) is 258 cm³/mol. The number of hydrogen-bond donors (Lipinski definition) is 2. The molecule has 0 saturated heterocycles. The number of fused-ring (bicyclic) bond motifs is 6. The van der Waals surface area contributed by atoms with Gasteiger partial charge in [-0.05, 0) is 106 Å². The standard InChI is InChI=1S/C31H20O2.C26H21N3/c1-19-8-7-13-28-30(19)25-16-21(14-15-27(25)32-28)24-17-22(20-9-3-2-4-10-20)18-29-31(24)23-11-5-6-12-26(23)33-29;27-25(23-15-7-13-21(17-23)19-9-3-1-4-10-19)29-26(28)24-16-8-14-22(18-24)20-11-5-2-6-12-20/h2-18H,1H3;1-18H,(H3,27,28,29). The molecule has 0 atom stereocenters. The molecule has 3 N–H and O–H groups in total. The lowest BCUT2D eigenvalue weighted by atomic mass is 9.93. The van der Waals surface area contributed by atoms with Crippen molar-refractivity contribution in [3.63, 3.8) is 0 Å². The number of aliphatic imine (C=N–C) groups is 1. The molecule has 0 unspecified atom stereocenters. The summed E-state index contributed by atoms with van der Waals surface area (Å²) in [6, 6.07) is 71.9. The molecule has 11 rings (SSSR count). The van der Waals surface area contributed by atoms with Gasteiger partial charge in [0, 0.05) is 32.7 Å². The van der Waals surface area contributed by atoms with Crippen molar-refractivity contribution in [1.82, 2.24) is 0 Å². The summed E-state index contributed by atoms with van der Waals surface area (Å²) < 4.78 is 12.5. The van der Waals surface area contributed by atoms with E-state index in [1.54, 1.807) is 0 Å². The summed E-state index contributed by atoms with van der Waals surface area (Å²) in [4.78, 5) is 4.36. The monoisotopic (exact) mass is 799 g/mol. The third-order valence-corrected chi connectivity index (χ3v) is 11.3. The van der Waals surface area contributed by atoms with E-state index in [1.165, 1.54) is 22.1 Å². The van der Waals surface area contributed by atoms with E-state index in [9.17, 15) is 0 Å². The van der Waals surface area contributed by atoms with Gasteiger partial charge in [-0.2, -0.15) is 0 Å². The lowest BCUT2D eigenvalue weighted by Crippen LogP contribution is -2.16. The summed E-state index contributed by atoms with van der Waals surface area (Å²) in [6.45, 7) is 2.14. The molecule has 0 aliphatic carbocycles. The van der Waals surface area contributed by atoms with Gasteiger partial charge in [0.1, 0.15) is 28.2 Å². The molecule has 0 fully saturated rings. The van der Waals surface area contributed by atoms with Crippen molar-refractivity contribution in [3.8, 4) is 44.5 Å². The van der Waals surface area contributed by atoms with E-state index in [0.717, 1.165) is 83.0 Å². The number of nitrogens with two attached hydrogens (primary N) is 1. The Morgan fingerprint density at radius 1 is 0.403 bits per heavy atom. The number of aryl methyl sites for hydroxylation is 1. The minimum absolute atomic E-state index is 0.144. The Morgan fingerprint density at radius 2 is 0.935 bits per heavy atom. The molecule has 9 aromatic carbocycles. The largest absolute Gasteiger partial charge is 0.456 e. The van der Waals surface area contributed by atoms with E-state index in [0.29, 0.717) is 5.84 Å². The number of furan rings is 2. The van der Waals surface area contributed by atoms with Gasteiger partial charge in [-0.15, -0.1) is 0 Å². The smallest absolute Gasteiger partial charge is 0.154 e. The summed E-state index contributed by atoms with van der Waals surface area (Å²) in [5.41, 5.74) is 21.6. The summed E-state index contributed by atoms with van der Waals surface area (Å²) in [7, 11) is 0. The highest BCUT2D eigenvalue weighted by molar-refractivity contribution is 6.15. The van der Waals surface area contributed by atoms with Gasteiger partial charge in [-0.25, -0.2) is 4.99 Å². The van der Waals surface area contributed by atoms with Gasteiger partial charge >= 0.3 is 0 Å². The van der Waals surface area contributed by atoms with Gasteiger partial charge in [0.05, 0.1) is 0 Å². The van der Waals surface area contributed by atoms with Crippen molar-refractivity contribution in [3.05, 3.63) is 229 Å².